The van der Waals surface area contributed by atoms with Gasteiger partial charge in [-0.25, -0.2) is 9.97 Å². The van der Waals surface area contributed by atoms with E-state index in [0.29, 0.717) is 37.4 Å². The molecule has 32 heavy (non-hydrogen) atoms. The van der Waals surface area contributed by atoms with Gasteiger partial charge in [0.25, 0.3) is 5.91 Å². The molecule has 5 rings (SSSR count). The van der Waals surface area contributed by atoms with Crippen molar-refractivity contribution in [3.05, 3.63) is 59.5 Å². The van der Waals surface area contributed by atoms with Gasteiger partial charge in [-0.05, 0) is 49.6 Å². The Morgan fingerprint density at radius 3 is 2.28 bits per heavy atom. The molecular formula is C25H27N5O2. The number of aryl methyl sites for hydroxylation is 2. The predicted octanol–water partition coefficient (Wildman–Crippen LogP) is 3.56. The lowest BCUT2D eigenvalue weighted by molar-refractivity contribution is -0.117. The van der Waals surface area contributed by atoms with Gasteiger partial charge in [0, 0.05) is 43.9 Å². The highest BCUT2D eigenvalue weighted by Crippen LogP contribution is 2.32. The van der Waals surface area contributed by atoms with Gasteiger partial charge in [-0.2, -0.15) is 0 Å². The first kappa shape index (κ1) is 20.4. The first-order chi connectivity index (χ1) is 15.5. The Morgan fingerprint density at radius 1 is 0.938 bits per heavy atom. The van der Waals surface area contributed by atoms with Crippen molar-refractivity contribution in [2.45, 2.75) is 26.7 Å². The van der Waals surface area contributed by atoms with Crippen LogP contribution in [0.3, 0.4) is 0 Å². The first-order valence-corrected chi connectivity index (χ1v) is 11.2. The molecule has 3 aromatic rings. The lowest BCUT2D eigenvalue weighted by atomic mass is 10.0. The molecule has 1 aliphatic heterocycles. The van der Waals surface area contributed by atoms with Gasteiger partial charge in [0.2, 0.25) is 5.91 Å². The number of nitrogens with one attached hydrogen (secondary N) is 1. The minimum atomic E-state index is -0.0449. The summed E-state index contributed by atoms with van der Waals surface area (Å²) in [6, 6.07) is 13.7. The third kappa shape index (κ3) is 4.15. The summed E-state index contributed by atoms with van der Waals surface area (Å²) in [5.41, 5.74) is 2.10. The third-order valence-corrected chi connectivity index (χ3v) is 6.17. The van der Waals surface area contributed by atoms with Gasteiger partial charge in [0.05, 0.1) is 11.3 Å². The number of rotatable bonds is 4. The number of carbonyl (C=O) groups is 2. The van der Waals surface area contributed by atoms with Crippen molar-refractivity contribution in [1.29, 1.82) is 0 Å². The molecule has 1 aromatic heterocycles. The Morgan fingerprint density at radius 2 is 1.62 bits per heavy atom. The molecule has 2 amide bonds. The van der Waals surface area contributed by atoms with Crippen molar-refractivity contribution >= 4 is 34.1 Å². The zero-order chi connectivity index (χ0) is 22.2. The summed E-state index contributed by atoms with van der Waals surface area (Å²) in [4.78, 5) is 38.9. The van der Waals surface area contributed by atoms with Crippen LogP contribution in [0.15, 0.2) is 42.5 Å². The zero-order valence-electron chi connectivity index (χ0n) is 18.5. The highest BCUT2D eigenvalue weighted by atomic mass is 16.2. The second-order valence-electron chi connectivity index (χ2n) is 8.70. The fourth-order valence-corrected chi connectivity index (χ4v) is 4.27. The average Bonchev–Trinajstić information content (AvgIpc) is 3.63. The summed E-state index contributed by atoms with van der Waals surface area (Å²) in [6.07, 6.45) is 1.85. The number of aromatic nitrogens is 2. The summed E-state index contributed by atoms with van der Waals surface area (Å²) < 4.78 is 0. The Balaban J connectivity index is 1.37. The van der Waals surface area contributed by atoms with E-state index in [1.165, 1.54) is 0 Å². The van der Waals surface area contributed by atoms with Crippen LogP contribution in [0, 0.1) is 19.8 Å². The highest BCUT2D eigenvalue weighted by molar-refractivity contribution is 6.08. The fourth-order valence-electron chi connectivity index (χ4n) is 4.27. The molecule has 7 nitrogen and oxygen atoms in total. The maximum Gasteiger partial charge on any atom is 0.256 e. The van der Waals surface area contributed by atoms with E-state index in [-0.39, 0.29) is 17.7 Å². The van der Waals surface area contributed by atoms with E-state index in [9.17, 15) is 9.59 Å². The van der Waals surface area contributed by atoms with Crippen molar-refractivity contribution in [1.82, 2.24) is 14.9 Å². The molecule has 2 heterocycles. The van der Waals surface area contributed by atoms with E-state index in [1.54, 1.807) is 0 Å². The lowest BCUT2D eigenvalue weighted by Crippen LogP contribution is -2.49. The van der Waals surface area contributed by atoms with E-state index in [4.69, 9.17) is 0 Å². The number of hydrogen-bond donors (Lipinski definition) is 1. The molecule has 2 aromatic carbocycles. The van der Waals surface area contributed by atoms with E-state index < -0.39 is 0 Å². The van der Waals surface area contributed by atoms with Crippen molar-refractivity contribution in [3.63, 3.8) is 0 Å². The van der Waals surface area contributed by atoms with Gasteiger partial charge >= 0.3 is 0 Å². The molecular weight excluding hydrogens is 402 g/mol. The van der Waals surface area contributed by atoms with Crippen LogP contribution in [0.5, 0.6) is 0 Å². The van der Waals surface area contributed by atoms with Crippen LogP contribution in [0.25, 0.3) is 10.8 Å². The number of carbonyl (C=O) groups excluding carboxylic acids is 2. The van der Waals surface area contributed by atoms with Crippen molar-refractivity contribution in [2.75, 3.05) is 36.4 Å². The van der Waals surface area contributed by atoms with Gasteiger partial charge in [-0.3, -0.25) is 9.59 Å². The molecule has 0 unspecified atom stereocenters. The molecule has 0 spiro atoms. The van der Waals surface area contributed by atoms with Crippen LogP contribution in [-0.2, 0) is 4.79 Å². The zero-order valence-corrected chi connectivity index (χ0v) is 18.5. The topological polar surface area (TPSA) is 78.4 Å². The Bertz CT molecular complexity index is 1180. The number of benzene rings is 2. The Kier molecular flexibility index (Phi) is 5.25. The number of anilines is 2. The van der Waals surface area contributed by atoms with Crippen LogP contribution in [0.4, 0.5) is 11.5 Å². The normalized spacial score (nSPS) is 16.3. The number of fused-ring (bicyclic) bond motifs is 1. The number of piperazine rings is 1. The molecule has 1 saturated carbocycles. The van der Waals surface area contributed by atoms with Crippen molar-refractivity contribution in [2.24, 2.45) is 5.92 Å². The molecule has 0 radical (unpaired) electrons. The van der Waals surface area contributed by atoms with Gasteiger partial charge in [-0.1, -0.05) is 24.3 Å². The average molecular weight is 430 g/mol. The molecule has 2 fully saturated rings. The molecule has 0 bridgehead atoms. The van der Waals surface area contributed by atoms with Crippen LogP contribution >= 0.6 is 0 Å². The predicted molar refractivity (Wildman–Crippen MR) is 125 cm³/mol. The van der Waals surface area contributed by atoms with Crippen molar-refractivity contribution in [3.8, 4) is 0 Å². The van der Waals surface area contributed by atoms with E-state index in [1.807, 2.05) is 61.2 Å². The summed E-state index contributed by atoms with van der Waals surface area (Å²) in [5.74, 6) is 1.70. The standard InChI is InChI=1S/C25H27N5O2/c1-16-13-23(27-17(2)26-16)29-9-11-30(12-10-29)25(32)21-14-19-5-3-4-6-20(19)15-22(21)28-24(31)18-7-8-18/h3-6,13-15,18H,7-12H2,1-2H3,(H,28,31). The van der Waals surface area contributed by atoms with Gasteiger partial charge in [-0.15, -0.1) is 0 Å². The minimum absolute atomic E-state index is 0.00801. The maximum absolute atomic E-state index is 13.5. The van der Waals surface area contributed by atoms with Crippen LogP contribution < -0.4 is 10.2 Å². The summed E-state index contributed by atoms with van der Waals surface area (Å²) in [7, 11) is 0. The summed E-state index contributed by atoms with van der Waals surface area (Å²) in [6.45, 7) is 6.48. The summed E-state index contributed by atoms with van der Waals surface area (Å²) >= 11 is 0. The minimum Gasteiger partial charge on any atom is -0.353 e. The molecule has 7 heteroatoms. The molecule has 1 aliphatic carbocycles. The van der Waals surface area contributed by atoms with Crippen LogP contribution in [0.2, 0.25) is 0 Å². The van der Waals surface area contributed by atoms with E-state index in [0.717, 1.165) is 41.0 Å². The molecule has 164 valence electrons. The number of amides is 2. The Labute approximate surface area is 187 Å². The Hall–Kier alpha value is -3.48. The van der Waals surface area contributed by atoms with E-state index in [2.05, 4.69) is 20.2 Å². The maximum atomic E-state index is 13.5. The summed E-state index contributed by atoms with van der Waals surface area (Å²) in [5, 5.41) is 5.02. The molecule has 1 N–H and O–H groups in total. The highest BCUT2D eigenvalue weighted by Gasteiger charge is 2.31. The SMILES string of the molecule is Cc1cc(N2CCN(C(=O)c3cc4ccccc4cc3NC(=O)C3CC3)CC2)nc(C)n1. The molecule has 1 saturated heterocycles. The molecule has 0 atom stereocenters. The van der Waals surface area contributed by atoms with Crippen LogP contribution in [-0.4, -0.2) is 52.9 Å². The second-order valence-corrected chi connectivity index (χ2v) is 8.70. The van der Waals surface area contributed by atoms with Crippen molar-refractivity contribution < 1.29 is 9.59 Å². The van der Waals surface area contributed by atoms with Gasteiger partial charge in [0.15, 0.2) is 0 Å². The lowest BCUT2D eigenvalue weighted by Gasteiger charge is -2.36. The largest absolute Gasteiger partial charge is 0.353 e. The monoisotopic (exact) mass is 429 g/mol. The molecule has 2 aliphatic rings. The second kappa shape index (κ2) is 8.22. The smallest absolute Gasteiger partial charge is 0.256 e. The van der Waals surface area contributed by atoms with Crippen LogP contribution in [0.1, 0.15) is 34.7 Å². The van der Waals surface area contributed by atoms with Gasteiger partial charge < -0.3 is 15.1 Å². The van der Waals surface area contributed by atoms with E-state index >= 15 is 0 Å². The quantitative estimate of drug-likeness (QED) is 0.686. The number of hydrogen-bond acceptors (Lipinski definition) is 5. The number of nitrogens with zero attached hydrogens (tertiary/aromatic N) is 4. The first-order valence-electron chi connectivity index (χ1n) is 11.2. The van der Waals surface area contributed by atoms with Gasteiger partial charge in [0.1, 0.15) is 11.6 Å². The third-order valence-electron chi connectivity index (χ3n) is 6.17. The fraction of sp³-hybridized carbons (Fsp3) is 0.360.